The summed E-state index contributed by atoms with van der Waals surface area (Å²) in [6.07, 6.45) is 0. The summed E-state index contributed by atoms with van der Waals surface area (Å²) in [7, 11) is 1.18. The van der Waals surface area contributed by atoms with Gasteiger partial charge < -0.3 is 4.74 Å². The molecular formula is C4H5N3O3. The third kappa shape index (κ3) is 0.903. The fraction of sp³-hybridized carbons (Fsp3) is 0.250. The van der Waals surface area contributed by atoms with Gasteiger partial charge in [0.25, 0.3) is 5.56 Å². The molecule has 0 atom stereocenters. The lowest BCUT2D eigenvalue weighted by atomic mass is 10.5. The van der Waals surface area contributed by atoms with E-state index in [4.69, 9.17) is 0 Å². The standard InChI is InChI=1S/C4H5N3O3/c1-10-4(9)2-3(8)6-7-5-2/h1H3,(H2,5,6,7,8). The molecule has 0 unspecified atom stereocenters. The van der Waals surface area contributed by atoms with Crippen LogP contribution < -0.4 is 5.56 Å². The number of aromatic nitrogens is 3. The van der Waals surface area contributed by atoms with Crippen LogP contribution in [0.15, 0.2) is 4.79 Å². The van der Waals surface area contributed by atoms with Gasteiger partial charge in [-0.05, 0) is 0 Å². The van der Waals surface area contributed by atoms with E-state index < -0.39 is 11.5 Å². The summed E-state index contributed by atoms with van der Waals surface area (Å²) in [5.74, 6) is -0.748. The lowest BCUT2D eigenvalue weighted by Crippen LogP contribution is -2.14. The first-order valence-corrected chi connectivity index (χ1v) is 2.47. The number of H-pyrrole nitrogens is 2. The Morgan fingerprint density at radius 2 is 2.40 bits per heavy atom. The number of carbonyl (C=O) groups is 1. The van der Waals surface area contributed by atoms with Crippen molar-refractivity contribution < 1.29 is 9.53 Å². The van der Waals surface area contributed by atoms with Crippen LogP contribution in [0, 0.1) is 0 Å². The highest BCUT2D eigenvalue weighted by molar-refractivity contribution is 5.86. The number of carbonyl (C=O) groups excluding carboxylic acids is 1. The predicted molar refractivity (Wildman–Crippen MR) is 30.5 cm³/mol. The molecule has 0 saturated carbocycles. The van der Waals surface area contributed by atoms with E-state index in [-0.39, 0.29) is 5.69 Å². The van der Waals surface area contributed by atoms with E-state index in [0.29, 0.717) is 0 Å². The monoisotopic (exact) mass is 143 g/mol. The highest BCUT2D eigenvalue weighted by atomic mass is 16.5. The Morgan fingerprint density at radius 3 is 2.80 bits per heavy atom. The molecule has 0 spiro atoms. The van der Waals surface area contributed by atoms with Gasteiger partial charge in [0, 0.05) is 0 Å². The van der Waals surface area contributed by atoms with Crippen LogP contribution in [0.4, 0.5) is 0 Å². The van der Waals surface area contributed by atoms with Gasteiger partial charge in [0.1, 0.15) is 0 Å². The highest BCUT2D eigenvalue weighted by Crippen LogP contribution is 1.83. The maximum Gasteiger partial charge on any atom is 0.364 e. The number of nitrogens with one attached hydrogen (secondary N) is 2. The average Bonchev–Trinajstić information content (AvgIpc) is 2.34. The molecule has 0 aliphatic heterocycles. The summed E-state index contributed by atoms with van der Waals surface area (Å²) >= 11 is 0. The molecular weight excluding hydrogens is 138 g/mol. The van der Waals surface area contributed by atoms with Gasteiger partial charge in [-0.15, -0.1) is 5.10 Å². The smallest absolute Gasteiger partial charge is 0.364 e. The fourth-order valence-corrected chi connectivity index (χ4v) is 0.480. The Labute approximate surface area is 55.2 Å². The Morgan fingerprint density at radius 1 is 1.70 bits per heavy atom. The summed E-state index contributed by atoms with van der Waals surface area (Å²) in [4.78, 5) is 21.1. The van der Waals surface area contributed by atoms with E-state index in [2.05, 4.69) is 20.1 Å². The van der Waals surface area contributed by atoms with Crippen LogP contribution in [0.25, 0.3) is 0 Å². The van der Waals surface area contributed by atoms with Gasteiger partial charge in [-0.25, -0.2) is 15.1 Å². The van der Waals surface area contributed by atoms with E-state index in [1.54, 1.807) is 0 Å². The molecule has 0 aliphatic carbocycles. The summed E-state index contributed by atoms with van der Waals surface area (Å²) < 4.78 is 4.23. The number of hydrogen-bond donors (Lipinski definition) is 2. The number of aromatic amines is 2. The van der Waals surface area contributed by atoms with E-state index in [1.165, 1.54) is 7.11 Å². The first kappa shape index (κ1) is 6.53. The van der Waals surface area contributed by atoms with Crippen molar-refractivity contribution >= 4 is 5.97 Å². The number of methoxy groups -OCH3 is 1. The number of rotatable bonds is 1. The topological polar surface area (TPSA) is 87.8 Å². The van der Waals surface area contributed by atoms with Gasteiger partial charge in [-0.3, -0.25) is 4.79 Å². The second-order valence-electron chi connectivity index (χ2n) is 1.52. The summed E-state index contributed by atoms with van der Waals surface area (Å²) in [6, 6.07) is 0. The summed E-state index contributed by atoms with van der Waals surface area (Å²) in [5, 5.41) is 7.54. The molecule has 0 fully saturated rings. The Bertz CT molecular complexity index is 286. The average molecular weight is 143 g/mol. The maximum atomic E-state index is 10.6. The molecule has 1 rings (SSSR count). The normalized spacial score (nSPS) is 9.30. The van der Waals surface area contributed by atoms with Crippen LogP contribution in [0.5, 0.6) is 0 Å². The minimum absolute atomic E-state index is 0.262. The van der Waals surface area contributed by atoms with Crippen molar-refractivity contribution in [1.29, 1.82) is 0 Å². The molecule has 1 heterocycles. The zero-order valence-corrected chi connectivity index (χ0v) is 5.17. The van der Waals surface area contributed by atoms with Crippen molar-refractivity contribution in [3.63, 3.8) is 0 Å². The first-order chi connectivity index (χ1) is 4.75. The van der Waals surface area contributed by atoms with Gasteiger partial charge >= 0.3 is 5.97 Å². The second kappa shape index (κ2) is 2.34. The van der Waals surface area contributed by atoms with Crippen molar-refractivity contribution in [2.75, 3.05) is 7.11 Å². The molecule has 1 aromatic heterocycles. The van der Waals surface area contributed by atoms with Gasteiger partial charge in [0.15, 0.2) is 0 Å². The van der Waals surface area contributed by atoms with Crippen molar-refractivity contribution in [2.45, 2.75) is 0 Å². The molecule has 0 bridgehead atoms. The lowest BCUT2D eigenvalue weighted by Gasteiger charge is -1.87. The van der Waals surface area contributed by atoms with Crippen LogP contribution in [0.2, 0.25) is 0 Å². The van der Waals surface area contributed by atoms with E-state index in [9.17, 15) is 9.59 Å². The molecule has 6 nitrogen and oxygen atoms in total. The molecule has 54 valence electrons. The SMILES string of the molecule is COC(=O)c1n[nH][nH]c1=O. The van der Waals surface area contributed by atoms with Crippen LogP contribution in [-0.4, -0.2) is 28.5 Å². The zero-order chi connectivity index (χ0) is 7.56. The maximum absolute atomic E-state index is 10.6. The quantitative estimate of drug-likeness (QED) is 0.487. The fourth-order valence-electron chi connectivity index (χ4n) is 0.480. The van der Waals surface area contributed by atoms with Crippen LogP contribution in [-0.2, 0) is 4.74 Å². The first-order valence-electron chi connectivity index (χ1n) is 2.47. The number of esters is 1. The Balaban J connectivity index is 3.05. The number of hydrogen-bond acceptors (Lipinski definition) is 4. The minimum atomic E-state index is -0.748. The van der Waals surface area contributed by atoms with Gasteiger partial charge in [0.05, 0.1) is 7.11 Å². The van der Waals surface area contributed by atoms with Gasteiger partial charge in [-0.2, -0.15) is 0 Å². The second-order valence-corrected chi connectivity index (χ2v) is 1.52. The van der Waals surface area contributed by atoms with Crippen molar-refractivity contribution in [1.82, 2.24) is 15.4 Å². The molecule has 6 heteroatoms. The number of nitrogens with zero attached hydrogens (tertiary/aromatic N) is 1. The van der Waals surface area contributed by atoms with E-state index in [0.717, 1.165) is 0 Å². The Hall–Kier alpha value is -1.59. The van der Waals surface area contributed by atoms with Crippen LogP contribution in [0.3, 0.4) is 0 Å². The lowest BCUT2D eigenvalue weighted by molar-refractivity contribution is 0.0592. The molecule has 0 aromatic carbocycles. The minimum Gasteiger partial charge on any atom is -0.464 e. The largest absolute Gasteiger partial charge is 0.464 e. The summed E-state index contributed by atoms with van der Waals surface area (Å²) in [5.41, 5.74) is -0.839. The molecule has 0 saturated heterocycles. The van der Waals surface area contributed by atoms with Gasteiger partial charge in [0.2, 0.25) is 5.69 Å². The van der Waals surface area contributed by atoms with E-state index in [1.807, 2.05) is 0 Å². The van der Waals surface area contributed by atoms with E-state index >= 15 is 0 Å². The summed E-state index contributed by atoms with van der Waals surface area (Å²) in [6.45, 7) is 0. The van der Waals surface area contributed by atoms with Crippen molar-refractivity contribution in [3.05, 3.63) is 16.0 Å². The molecule has 10 heavy (non-hydrogen) atoms. The predicted octanol–water partition coefficient (Wildman–Crippen LogP) is -1.12. The van der Waals surface area contributed by atoms with Crippen LogP contribution in [0.1, 0.15) is 10.5 Å². The highest BCUT2D eigenvalue weighted by Gasteiger charge is 2.12. The van der Waals surface area contributed by atoms with Crippen LogP contribution >= 0.6 is 0 Å². The van der Waals surface area contributed by atoms with Gasteiger partial charge in [-0.1, -0.05) is 0 Å². The third-order valence-electron chi connectivity index (χ3n) is 0.931. The molecule has 2 N–H and O–H groups in total. The van der Waals surface area contributed by atoms with Crippen molar-refractivity contribution in [3.8, 4) is 0 Å². The molecule has 0 amide bonds. The molecule has 0 radical (unpaired) electrons. The number of ether oxygens (including phenoxy) is 1. The van der Waals surface area contributed by atoms with Crippen molar-refractivity contribution in [2.24, 2.45) is 0 Å². The molecule has 1 aromatic rings. The molecule has 0 aliphatic rings. The third-order valence-corrected chi connectivity index (χ3v) is 0.931. The Kier molecular flexibility index (Phi) is 1.53. The zero-order valence-electron chi connectivity index (χ0n) is 5.17.